The van der Waals surface area contributed by atoms with Gasteiger partial charge in [-0.25, -0.2) is 0 Å². The molecule has 0 radical (unpaired) electrons. The fraction of sp³-hybridized carbons (Fsp3) is 0.533. The van der Waals surface area contributed by atoms with Crippen molar-refractivity contribution >= 4 is 5.97 Å². The SMILES string of the molecule is COCc1ccc(CN2C[C@@H](C)[C@H](C(=O)O)C2)cc1. The molecule has 1 aromatic rings. The summed E-state index contributed by atoms with van der Waals surface area (Å²) in [5.74, 6) is -0.677. The number of nitrogens with zero attached hydrogens (tertiary/aromatic N) is 1. The highest BCUT2D eigenvalue weighted by molar-refractivity contribution is 5.71. The molecule has 0 unspecified atom stereocenters. The van der Waals surface area contributed by atoms with Crippen molar-refractivity contribution in [3.8, 4) is 0 Å². The van der Waals surface area contributed by atoms with Gasteiger partial charge in [-0.2, -0.15) is 0 Å². The predicted octanol–water partition coefficient (Wildman–Crippen LogP) is 1.99. The van der Waals surface area contributed by atoms with E-state index in [0.29, 0.717) is 13.2 Å². The van der Waals surface area contributed by atoms with Gasteiger partial charge in [0, 0.05) is 26.7 Å². The Morgan fingerprint density at radius 2 is 1.95 bits per heavy atom. The van der Waals surface area contributed by atoms with Gasteiger partial charge in [0.05, 0.1) is 12.5 Å². The summed E-state index contributed by atoms with van der Waals surface area (Å²) in [7, 11) is 1.69. The van der Waals surface area contributed by atoms with Gasteiger partial charge in [-0.05, 0) is 17.0 Å². The van der Waals surface area contributed by atoms with Crippen molar-refractivity contribution < 1.29 is 14.6 Å². The third-order valence-electron chi connectivity index (χ3n) is 3.75. The zero-order valence-corrected chi connectivity index (χ0v) is 11.5. The first-order chi connectivity index (χ1) is 9.10. The molecule has 0 bridgehead atoms. The topological polar surface area (TPSA) is 49.8 Å². The Balaban J connectivity index is 1.93. The van der Waals surface area contributed by atoms with Crippen LogP contribution in [0.2, 0.25) is 0 Å². The third-order valence-corrected chi connectivity index (χ3v) is 3.75. The average Bonchev–Trinajstić information content (AvgIpc) is 2.73. The van der Waals surface area contributed by atoms with Gasteiger partial charge in [0.25, 0.3) is 0 Å². The van der Waals surface area contributed by atoms with Crippen molar-refractivity contribution in [1.29, 1.82) is 0 Å². The quantitative estimate of drug-likeness (QED) is 0.882. The number of ether oxygens (including phenoxy) is 1. The minimum Gasteiger partial charge on any atom is -0.481 e. The molecule has 1 aromatic carbocycles. The average molecular weight is 263 g/mol. The molecule has 2 atom stereocenters. The van der Waals surface area contributed by atoms with Gasteiger partial charge in [0.1, 0.15) is 0 Å². The monoisotopic (exact) mass is 263 g/mol. The number of rotatable bonds is 5. The second-order valence-electron chi connectivity index (χ2n) is 5.37. The van der Waals surface area contributed by atoms with Gasteiger partial charge >= 0.3 is 5.97 Å². The second kappa shape index (κ2) is 6.17. The number of methoxy groups -OCH3 is 1. The van der Waals surface area contributed by atoms with Crippen LogP contribution in [0.25, 0.3) is 0 Å². The van der Waals surface area contributed by atoms with Gasteiger partial charge in [0.15, 0.2) is 0 Å². The fourth-order valence-corrected chi connectivity index (χ4v) is 2.68. The molecule has 1 aliphatic rings. The molecule has 0 amide bonds. The first-order valence-corrected chi connectivity index (χ1v) is 6.62. The lowest BCUT2D eigenvalue weighted by molar-refractivity contribution is -0.142. The summed E-state index contributed by atoms with van der Waals surface area (Å²) in [4.78, 5) is 13.3. The van der Waals surface area contributed by atoms with Crippen molar-refractivity contribution in [2.45, 2.75) is 20.1 Å². The van der Waals surface area contributed by atoms with Crippen LogP contribution in [0.1, 0.15) is 18.1 Å². The largest absolute Gasteiger partial charge is 0.481 e. The second-order valence-corrected chi connectivity index (χ2v) is 5.37. The molecule has 1 fully saturated rings. The maximum Gasteiger partial charge on any atom is 0.308 e. The van der Waals surface area contributed by atoms with Crippen LogP contribution in [0.15, 0.2) is 24.3 Å². The number of hydrogen-bond donors (Lipinski definition) is 1. The van der Waals surface area contributed by atoms with E-state index >= 15 is 0 Å². The minimum absolute atomic E-state index is 0.227. The summed E-state index contributed by atoms with van der Waals surface area (Å²) < 4.78 is 5.08. The Bertz CT molecular complexity index is 430. The van der Waals surface area contributed by atoms with Crippen molar-refractivity contribution in [3.63, 3.8) is 0 Å². The Labute approximate surface area is 114 Å². The zero-order chi connectivity index (χ0) is 13.8. The number of aliphatic carboxylic acids is 1. The number of benzene rings is 1. The van der Waals surface area contributed by atoms with Gasteiger partial charge < -0.3 is 9.84 Å². The lowest BCUT2D eigenvalue weighted by Crippen LogP contribution is -2.23. The number of carboxylic acids is 1. The van der Waals surface area contributed by atoms with E-state index in [1.807, 2.05) is 6.92 Å². The van der Waals surface area contributed by atoms with Crippen molar-refractivity contribution in [2.75, 3.05) is 20.2 Å². The van der Waals surface area contributed by atoms with E-state index in [4.69, 9.17) is 9.84 Å². The molecular weight excluding hydrogens is 242 g/mol. The Hall–Kier alpha value is -1.39. The third kappa shape index (κ3) is 3.55. The maximum atomic E-state index is 11.1. The number of hydrogen-bond acceptors (Lipinski definition) is 3. The normalized spacial score (nSPS) is 23.7. The zero-order valence-electron chi connectivity index (χ0n) is 11.5. The highest BCUT2D eigenvalue weighted by Gasteiger charge is 2.34. The molecule has 1 heterocycles. The molecule has 0 spiro atoms. The molecule has 1 aliphatic heterocycles. The Morgan fingerprint density at radius 1 is 1.32 bits per heavy atom. The van der Waals surface area contributed by atoms with Crippen LogP contribution in [0.4, 0.5) is 0 Å². The summed E-state index contributed by atoms with van der Waals surface area (Å²) in [6.07, 6.45) is 0. The predicted molar refractivity (Wildman–Crippen MR) is 72.7 cm³/mol. The van der Waals surface area contributed by atoms with E-state index in [1.54, 1.807) is 7.11 Å². The van der Waals surface area contributed by atoms with E-state index in [9.17, 15) is 4.79 Å². The van der Waals surface area contributed by atoms with Crippen LogP contribution < -0.4 is 0 Å². The first-order valence-electron chi connectivity index (χ1n) is 6.62. The van der Waals surface area contributed by atoms with Crippen molar-refractivity contribution in [2.24, 2.45) is 11.8 Å². The number of carbonyl (C=O) groups is 1. The highest BCUT2D eigenvalue weighted by atomic mass is 16.5. The summed E-state index contributed by atoms with van der Waals surface area (Å²) in [5, 5.41) is 9.12. The van der Waals surface area contributed by atoms with E-state index in [0.717, 1.165) is 18.7 Å². The van der Waals surface area contributed by atoms with E-state index in [-0.39, 0.29) is 11.8 Å². The van der Waals surface area contributed by atoms with Gasteiger partial charge in [-0.1, -0.05) is 31.2 Å². The summed E-state index contributed by atoms with van der Waals surface area (Å²) >= 11 is 0. The van der Waals surface area contributed by atoms with Crippen LogP contribution in [0.3, 0.4) is 0 Å². The molecule has 2 rings (SSSR count). The highest BCUT2D eigenvalue weighted by Crippen LogP contribution is 2.24. The molecule has 0 saturated carbocycles. The smallest absolute Gasteiger partial charge is 0.308 e. The molecule has 4 nitrogen and oxygen atoms in total. The summed E-state index contributed by atoms with van der Waals surface area (Å²) in [6.45, 7) is 4.97. The molecule has 1 saturated heterocycles. The minimum atomic E-state index is -0.676. The summed E-state index contributed by atoms with van der Waals surface area (Å²) in [6, 6.07) is 8.31. The molecule has 19 heavy (non-hydrogen) atoms. The van der Waals surface area contributed by atoms with Gasteiger partial charge in [-0.3, -0.25) is 9.69 Å². The van der Waals surface area contributed by atoms with E-state index in [2.05, 4.69) is 29.2 Å². The molecule has 4 heteroatoms. The van der Waals surface area contributed by atoms with Crippen LogP contribution in [-0.2, 0) is 22.7 Å². The molecule has 0 aromatic heterocycles. The summed E-state index contributed by atoms with van der Waals surface area (Å²) in [5.41, 5.74) is 2.38. The molecule has 1 N–H and O–H groups in total. The molecular formula is C15H21NO3. The number of carboxylic acid groups (broad SMARTS) is 1. The van der Waals surface area contributed by atoms with Crippen LogP contribution in [-0.4, -0.2) is 36.2 Å². The Kier molecular flexibility index (Phi) is 4.56. The number of likely N-dealkylation sites (tertiary alicyclic amines) is 1. The maximum absolute atomic E-state index is 11.1. The standard InChI is InChI=1S/C15H21NO3/c1-11-7-16(9-14(11)15(17)18)8-12-3-5-13(6-4-12)10-19-2/h3-6,11,14H,7-10H2,1-2H3,(H,17,18)/t11-,14-/m1/s1. The van der Waals surface area contributed by atoms with E-state index in [1.165, 1.54) is 5.56 Å². The molecule has 0 aliphatic carbocycles. The van der Waals surface area contributed by atoms with Gasteiger partial charge in [0.2, 0.25) is 0 Å². The fourth-order valence-electron chi connectivity index (χ4n) is 2.68. The lowest BCUT2D eigenvalue weighted by atomic mass is 9.99. The first kappa shape index (κ1) is 14.0. The van der Waals surface area contributed by atoms with Crippen LogP contribution in [0.5, 0.6) is 0 Å². The molecule has 104 valence electrons. The van der Waals surface area contributed by atoms with Crippen molar-refractivity contribution in [3.05, 3.63) is 35.4 Å². The van der Waals surface area contributed by atoms with E-state index < -0.39 is 5.97 Å². The Morgan fingerprint density at radius 3 is 2.47 bits per heavy atom. The van der Waals surface area contributed by atoms with Crippen LogP contribution in [0, 0.1) is 11.8 Å². The van der Waals surface area contributed by atoms with Gasteiger partial charge in [-0.15, -0.1) is 0 Å². The van der Waals surface area contributed by atoms with Crippen molar-refractivity contribution in [1.82, 2.24) is 4.90 Å². The lowest BCUT2D eigenvalue weighted by Gasteiger charge is -2.15. The van der Waals surface area contributed by atoms with Crippen LogP contribution >= 0.6 is 0 Å².